The first-order valence-electron chi connectivity index (χ1n) is 6.79. The maximum Gasteiger partial charge on any atom is 0.271 e. The summed E-state index contributed by atoms with van der Waals surface area (Å²) in [5.74, 6) is 0.0583. The number of hydrogen-bond donors (Lipinski definition) is 3. The van der Waals surface area contributed by atoms with Crippen molar-refractivity contribution in [2.75, 3.05) is 6.61 Å². The van der Waals surface area contributed by atoms with Crippen molar-refractivity contribution >= 4 is 12.1 Å². The van der Waals surface area contributed by atoms with Gasteiger partial charge in [0.2, 0.25) is 0 Å². The molecule has 0 bridgehead atoms. The third-order valence-electron chi connectivity index (χ3n) is 2.87. The second kappa shape index (κ2) is 7.65. The summed E-state index contributed by atoms with van der Waals surface area (Å²) in [6.45, 7) is 3.95. The van der Waals surface area contributed by atoms with Crippen LogP contribution < -0.4 is 10.2 Å². The minimum atomic E-state index is -0.394. The highest BCUT2D eigenvalue weighted by Gasteiger charge is 2.04. The zero-order chi connectivity index (χ0) is 16.7. The number of benzene rings is 2. The second-order valence-corrected chi connectivity index (χ2v) is 4.57. The average Bonchev–Trinajstić information content (AvgIpc) is 2.55. The summed E-state index contributed by atoms with van der Waals surface area (Å²) >= 11 is 0. The third-order valence-corrected chi connectivity index (χ3v) is 2.87. The van der Waals surface area contributed by atoms with Gasteiger partial charge in [-0.25, -0.2) is 5.43 Å². The summed E-state index contributed by atoms with van der Waals surface area (Å²) in [6.07, 6.45) is 2.92. The van der Waals surface area contributed by atoms with Crippen molar-refractivity contribution < 1.29 is 19.7 Å². The summed E-state index contributed by atoms with van der Waals surface area (Å²) in [4.78, 5) is 11.9. The molecule has 0 fully saturated rings. The maximum absolute atomic E-state index is 11.9. The van der Waals surface area contributed by atoms with Crippen LogP contribution in [-0.4, -0.2) is 28.9 Å². The van der Waals surface area contributed by atoms with E-state index in [-0.39, 0.29) is 11.5 Å². The standard InChI is InChI=1S/C17H16N2O4/c1-2-9-23-15-7-4-12(5-8-15)17(22)19-18-11-13-3-6-14(20)10-16(13)21/h2-8,10-11,20-21H,1,9H2,(H,19,22). The number of carbonyl (C=O) groups excluding carboxylic acids is 1. The number of nitrogens with one attached hydrogen (secondary N) is 1. The maximum atomic E-state index is 11.9. The number of amides is 1. The zero-order valence-corrected chi connectivity index (χ0v) is 12.3. The minimum absolute atomic E-state index is 0.0533. The van der Waals surface area contributed by atoms with E-state index in [2.05, 4.69) is 17.1 Å². The van der Waals surface area contributed by atoms with Gasteiger partial charge in [0.15, 0.2) is 0 Å². The van der Waals surface area contributed by atoms with Crippen LogP contribution in [0, 0.1) is 0 Å². The lowest BCUT2D eigenvalue weighted by atomic mass is 10.2. The molecule has 2 rings (SSSR count). The van der Waals surface area contributed by atoms with Gasteiger partial charge in [-0.05, 0) is 36.4 Å². The molecule has 0 saturated heterocycles. The molecule has 6 nitrogen and oxygen atoms in total. The van der Waals surface area contributed by atoms with E-state index in [1.54, 1.807) is 30.3 Å². The summed E-state index contributed by atoms with van der Waals surface area (Å²) in [6, 6.07) is 10.6. The van der Waals surface area contributed by atoms with Crippen LogP contribution in [0.1, 0.15) is 15.9 Å². The van der Waals surface area contributed by atoms with Crippen LogP contribution in [-0.2, 0) is 0 Å². The molecule has 23 heavy (non-hydrogen) atoms. The average molecular weight is 312 g/mol. The summed E-state index contributed by atoms with van der Waals surface area (Å²) in [7, 11) is 0. The van der Waals surface area contributed by atoms with Gasteiger partial charge >= 0.3 is 0 Å². The number of ether oxygens (including phenoxy) is 1. The topological polar surface area (TPSA) is 91.2 Å². The van der Waals surface area contributed by atoms with Gasteiger partial charge in [-0.1, -0.05) is 12.7 Å². The molecule has 0 radical (unpaired) electrons. The molecule has 2 aromatic carbocycles. The Morgan fingerprint density at radius 2 is 1.96 bits per heavy atom. The fourth-order valence-electron chi connectivity index (χ4n) is 1.72. The molecule has 0 spiro atoms. The molecule has 118 valence electrons. The molecule has 0 unspecified atom stereocenters. The van der Waals surface area contributed by atoms with Gasteiger partial charge in [-0.15, -0.1) is 0 Å². The van der Waals surface area contributed by atoms with E-state index in [4.69, 9.17) is 4.74 Å². The molecule has 0 saturated carbocycles. The quantitative estimate of drug-likeness (QED) is 0.434. The van der Waals surface area contributed by atoms with Crippen LogP contribution in [0.5, 0.6) is 17.2 Å². The zero-order valence-electron chi connectivity index (χ0n) is 12.3. The van der Waals surface area contributed by atoms with Gasteiger partial charge in [0, 0.05) is 17.2 Å². The van der Waals surface area contributed by atoms with E-state index < -0.39 is 5.91 Å². The van der Waals surface area contributed by atoms with Crippen LogP contribution in [0.25, 0.3) is 0 Å². The molecule has 3 N–H and O–H groups in total. The predicted octanol–water partition coefficient (Wildman–Crippen LogP) is 2.43. The van der Waals surface area contributed by atoms with Crippen molar-refractivity contribution in [3.63, 3.8) is 0 Å². The van der Waals surface area contributed by atoms with Crippen LogP contribution in [0.15, 0.2) is 60.2 Å². The van der Waals surface area contributed by atoms with E-state index in [9.17, 15) is 15.0 Å². The largest absolute Gasteiger partial charge is 0.508 e. The Bertz CT molecular complexity index is 724. The Morgan fingerprint density at radius 1 is 1.22 bits per heavy atom. The van der Waals surface area contributed by atoms with E-state index in [0.717, 1.165) is 0 Å². The fraction of sp³-hybridized carbons (Fsp3) is 0.0588. The van der Waals surface area contributed by atoms with Gasteiger partial charge in [0.25, 0.3) is 5.91 Å². The summed E-state index contributed by atoms with van der Waals surface area (Å²) < 4.78 is 5.32. The molecular formula is C17H16N2O4. The molecule has 2 aromatic rings. The van der Waals surface area contributed by atoms with Crippen molar-refractivity contribution in [2.24, 2.45) is 5.10 Å². The lowest BCUT2D eigenvalue weighted by molar-refractivity contribution is 0.0955. The Morgan fingerprint density at radius 3 is 2.61 bits per heavy atom. The Balaban J connectivity index is 1.96. The van der Waals surface area contributed by atoms with Gasteiger partial charge in [-0.3, -0.25) is 4.79 Å². The number of phenols is 2. The number of phenolic OH excluding ortho intramolecular Hbond substituents is 2. The first-order valence-corrected chi connectivity index (χ1v) is 6.79. The smallest absolute Gasteiger partial charge is 0.271 e. The monoisotopic (exact) mass is 312 g/mol. The lowest BCUT2D eigenvalue weighted by Crippen LogP contribution is -2.17. The highest BCUT2D eigenvalue weighted by Crippen LogP contribution is 2.20. The van der Waals surface area contributed by atoms with Crippen molar-refractivity contribution in [1.82, 2.24) is 5.43 Å². The van der Waals surface area contributed by atoms with Crippen LogP contribution >= 0.6 is 0 Å². The van der Waals surface area contributed by atoms with Crippen molar-refractivity contribution in [2.45, 2.75) is 0 Å². The number of nitrogens with zero attached hydrogens (tertiary/aromatic N) is 1. The SMILES string of the molecule is C=CCOc1ccc(C(=O)NN=Cc2ccc(O)cc2O)cc1. The van der Waals surface area contributed by atoms with E-state index in [0.29, 0.717) is 23.5 Å². The summed E-state index contributed by atoms with van der Waals surface area (Å²) in [5, 5.41) is 22.5. The first-order chi connectivity index (χ1) is 11.1. The molecule has 0 aromatic heterocycles. The lowest BCUT2D eigenvalue weighted by Gasteiger charge is -2.04. The number of hydrogen-bond acceptors (Lipinski definition) is 5. The number of aromatic hydroxyl groups is 2. The number of hydrazone groups is 1. The molecule has 0 aliphatic heterocycles. The molecule has 0 aliphatic rings. The van der Waals surface area contributed by atoms with Crippen molar-refractivity contribution in [1.29, 1.82) is 0 Å². The minimum Gasteiger partial charge on any atom is -0.508 e. The van der Waals surface area contributed by atoms with Gasteiger partial charge in [0.05, 0.1) is 6.21 Å². The van der Waals surface area contributed by atoms with Gasteiger partial charge < -0.3 is 14.9 Å². The predicted molar refractivity (Wildman–Crippen MR) is 87.0 cm³/mol. The molecular weight excluding hydrogens is 296 g/mol. The van der Waals surface area contributed by atoms with Gasteiger partial charge in [0.1, 0.15) is 23.9 Å². The third kappa shape index (κ3) is 4.60. The van der Waals surface area contributed by atoms with E-state index >= 15 is 0 Å². The Labute approximate surface area is 133 Å². The highest BCUT2D eigenvalue weighted by atomic mass is 16.5. The van der Waals surface area contributed by atoms with E-state index in [1.807, 2.05) is 0 Å². The molecule has 0 heterocycles. The van der Waals surface area contributed by atoms with E-state index in [1.165, 1.54) is 24.4 Å². The molecule has 0 atom stereocenters. The normalized spacial score (nSPS) is 10.4. The first kappa shape index (κ1) is 16.1. The Hall–Kier alpha value is -3.28. The fourth-order valence-corrected chi connectivity index (χ4v) is 1.72. The second-order valence-electron chi connectivity index (χ2n) is 4.57. The van der Waals surface area contributed by atoms with Crippen molar-refractivity contribution in [3.05, 3.63) is 66.2 Å². The number of carbonyl (C=O) groups is 1. The molecule has 0 aliphatic carbocycles. The van der Waals surface area contributed by atoms with Gasteiger partial charge in [-0.2, -0.15) is 5.10 Å². The van der Waals surface area contributed by atoms with Crippen LogP contribution in [0.2, 0.25) is 0 Å². The molecule has 6 heteroatoms. The Kier molecular flexibility index (Phi) is 5.35. The van der Waals surface area contributed by atoms with Crippen LogP contribution in [0.4, 0.5) is 0 Å². The van der Waals surface area contributed by atoms with Crippen molar-refractivity contribution in [3.8, 4) is 17.2 Å². The highest BCUT2D eigenvalue weighted by molar-refractivity contribution is 5.95. The van der Waals surface area contributed by atoms with Crippen LogP contribution in [0.3, 0.4) is 0 Å². The summed E-state index contributed by atoms with van der Waals surface area (Å²) in [5.41, 5.74) is 3.14. The number of rotatable bonds is 6. The molecule has 1 amide bonds.